The summed E-state index contributed by atoms with van der Waals surface area (Å²) in [6.45, 7) is 10.5. The first-order valence-corrected chi connectivity index (χ1v) is 7.24. The fourth-order valence-corrected chi connectivity index (χ4v) is 3.85. The average molecular weight is 239 g/mol. The minimum Gasteiger partial charge on any atom is -0.329 e. The zero-order valence-electron chi connectivity index (χ0n) is 11.8. The maximum atomic E-state index is 6.20. The Morgan fingerprint density at radius 2 is 1.82 bits per heavy atom. The van der Waals surface area contributed by atoms with Gasteiger partial charge in [-0.1, -0.05) is 26.7 Å². The molecule has 2 rings (SSSR count). The van der Waals surface area contributed by atoms with Gasteiger partial charge >= 0.3 is 0 Å². The van der Waals surface area contributed by atoms with Gasteiger partial charge in [0, 0.05) is 38.3 Å². The van der Waals surface area contributed by atoms with Gasteiger partial charge in [-0.05, 0) is 25.3 Å². The molecule has 0 aromatic carbocycles. The first kappa shape index (κ1) is 13.3. The van der Waals surface area contributed by atoms with Crippen LogP contribution in [0.4, 0.5) is 0 Å². The molecule has 0 bridgehead atoms. The zero-order chi connectivity index (χ0) is 12.5. The van der Waals surface area contributed by atoms with Crippen LogP contribution in [-0.4, -0.2) is 55.1 Å². The van der Waals surface area contributed by atoms with Crippen molar-refractivity contribution < 1.29 is 0 Å². The third-order valence-electron chi connectivity index (χ3n) is 5.46. The van der Waals surface area contributed by atoms with Gasteiger partial charge < -0.3 is 10.6 Å². The molecule has 3 unspecified atom stereocenters. The van der Waals surface area contributed by atoms with Crippen LogP contribution in [0.2, 0.25) is 0 Å². The van der Waals surface area contributed by atoms with Crippen molar-refractivity contribution in [3.8, 4) is 0 Å². The van der Waals surface area contributed by atoms with Gasteiger partial charge in [0.1, 0.15) is 0 Å². The Bertz CT molecular complexity index is 248. The van der Waals surface area contributed by atoms with Gasteiger partial charge in [-0.2, -0.15) is 0 Å². The first-order chi connectivity index (χ1) is 8.10. The number of nitrogens with two attached hydrogens (primary N) is 1. The predicted molar refractivity (Wildman–Crippen MR) is 73.0 cm³/mol. The van der Waals surface area contributed by atoms with Crippen molar-refractivity contribution >= 4 is 0 Å². The topological polar surface area (TPSA) is 32.5 Å². The predicted octanol–water partition coefficient (Wildman–Crippen LogP) is 1.39. The van der Waals surface area contributed by atoms with Gasteiger partial charge in [0.2, 0.25) is 0 Å². The highest BCUT2D eigenvalue weighted by molar-refractivity contribution is 5.01. The smallest absolute Gasteiger partial charge is 0.0360 e. The van der Waals surface area contributed by atoms with Gasteiger partial charge in [-0.25, -0.2) is 0 Å². The molecular weight excluding hydrogens is 210 g/mol. The molecule has 2 aliphatic rings. The quantitative estimate of drug-likeness (QED) is 0.790. The van der Waals surface area contributed by atoms with E-state index in [1.807, 2.05) is 0 Å². The molecular formula is C14H29N3. The van der Waals surface area contributed by atoms with Crippen molar-refractivity contribution in [1.82, 2.24) is 9.80 Å². The minimum atomic E-state index is 0.291. The van der Waals surface area contributed by atoms with E-state index in [1.165, 1.54) is 45.4 Å². The van der Waals surface area contributed by atoms with E-state index < -0.39 is 0 Å². The number of hydrogen-bond donors (Lipinski definition) is 1. The van der Waals surface area contributed by atoms with Crippen LogP contribution in [0.25, 0.3) is 0 Å². The van der Waals surface area contributed by atoms with E-state index in [4.69, 9.17) is 5.73 Å². The second-order valence-electron chi connectivity index (χ2n) is 6.26. The summed E-state index contributed by atoms with van der Waals surface area (Å²) >= 11 is 0. The Balaban J connectivity index is 2.12. The van der Waals surface area contributed by atoms with Crippen molar-refractivity contribution in [2.24, 2.45) is 17.6 Å². The van der Waals surface area contributed by atoms with Crippen LogP contribution < -0.4 is 5.73 Å². The molecule has 1 saturated carbocycles. The Hall–Kier alpha value is -0.120. The van der Waals surface area contributed by atoms with Crippen molar-refractivity contribution in [2.45, 2.75) is 38.6 Å². The SMILES string of the molecule is CC1CCCC(CN)(N2CCN(C)CC2)C1C. The van der Waals surface area contributed by atoms with Gasteiger partial charge in [0.15, 0.2) is 0 Å². The van der Waals surface area contributed by atoms with E-state index in [0.29, 0.717) is 5.54 Å². The van der Waals surface area contributed by atoms with E-state index in [-0.39, 0.29) is 0 Å². The summed E-state index contributed by atoms with van der Waals surface area (Å²) in [6.07, 6.45) is 4.05. The monoisotopic (exact) mass is 239 g/mol. The van der Waals surface area contributed by atoms with E-state index in [1.54, 1.807) is 0 Å². The second kappa shape index (κ2) is 5.25. The fraction of sp³-hybridized carbons (Fsp3) is 1.00. The van der Waals surface area contributed by atoms with Crippen LogP contribution in [0.15, 0.2) is 0 Å². The molecule has 2 fully saturated rings. The van der Waals surface area contributed by atoms with Crippen molar-refractivity contribution in [2.75, 3.05) is 39.8 Å². The Morgan fingerprint density at radius 1 is 1.18 bits per heavy atom. The largest absolute Gasteiger partial charge is 0.329 e. The summed E-state index contributed by atoms with van der Waals surface area (Å²) in [6, 6.07) is 0. The zero-order valence-corrected chi connectivity index (χ0v) is 11.8. The lowest BCUT2D eigenvalue weighted by Crippen LogP contribution is -2.64. The molecule has 0 amide bonds. The van der Waals surface area contributed by atoms with Gasteiger partial charge in [0.25, 0.3) is 0 Å². The van der Waals surface area contributed by atoms with Crippen LogP contribution in [0.1, 0.15) is 33.1 Å². The van der Waals surface area contributed by atoms with Crippen LogP contribution in [0.5, 0.6) is 0 Å². The summed E-state index contributed by atoms with van der Waals surface area (Å²) in [5.74, 6) is 1.57. The summed E-state index contributed by atoms with van der Waals surface area (Å²) < 4.78 is 0. The third-order valence-corrected chi connectivity index (χ3v) is 5.46. The maximum Gasteiger partial charge on any atom is 0.0360 e. The summed E-state index contributed by atoms with van der Waals surface area (Å²) in [4.78, 5) is 5.13. The molecule has 1 aliphatic carbocycles. The molecule has 3 atom stereocenters. The number of rotatable bonds is 2. The van der Waals surface area contributed by atoms with Crippen molar-refractivity contribution in [3.05, 3.63) is 0 Å². The normalized spacial score (nSPS) is 41.6. The van der Waals surface area contributed by atoms with E-state index in [2.05, 4.69) is 30.7 Å². The number of hydrogen-bond acceptors (Lipinski definition) is 3. The number of likely N-dealkylation sites (N-methyl/N-ethyl adjacent to an activating group) is 1. The van der Waals surface area contributed by atoms with E-state index in [0.717, 1.165) is 18.4 Å². The molecule has 17 heavy (non-hydrogen) atoms. The van der Waals surface area contributed by atoms with Gasteiger partial charge in [-0.15, -0.1) is 0 Å². The lowest BCUT2D eigenvalue weighted by molar-refractivity contribution is -0.0334. The Morgan fingerprint density at radius 3 is 2.41 bits per heavy atom. The molecule has 1 aliphatic heterocycles. The highest BCUT2D eigenvalue weighted by atomic mass is 15.3. The maximum absolute atomic E-state index is 6.20. The summed E-state index contributed by atoms with van der Waals surface area (Å²) in [5.41, 5.74) is 6.49. The van der Waals surface area contributed by atoms with E-state index in [9.17, 15) is 0 Å². The molecule has 0 aromatic rings. The van der Waals surface area contributed by atoms with Crippen LogP contribution in [0, 0.1) is 11.8 Å². The molecule has 1 heterocycles. The van der Waals surface area contributed by atoms with Crippen molar-refractivity contribution in [3.63, 3.8) is 0 Å². The lowest BCUT2D eigenvalue weighted by atomic mass is 9.67. The molecule has 0 radical (unpaired) electrons. The number of nitrogens with zero attached hydrogens (tertiary/aromatic N) is 2. The third kappa shape index (κ3) is 2.38. The van der Waals surface area contributed by atoms with Gasteiger partial charge in [-0.3, -0.25) is 4.90 Å². The molecule has 100 valence electrons. The average Bonchev–Trinajstić information content (AvgIpc) is 2.34. The van der Waals surface area contributed by atoms with Crippen molar-refractivity contribution in [1.29, 1.82) is 0 Å². The minimum absolute atomic E-state index is 0.291. The van der Waals surface area contributed by atoms with Crippen LogP contribution in [0.3, 0.4) is 0 Å². The summed E-state index contributed by atoms with van der Waals surface area (Å²) in [7, 11) is 2.22. The molecule has 2 N–H and O–H groups in total. The second-order valence-corrected chi connectivity index (χ2v) is 6.26. The van der Waals surface area contributed by atoms with E-state index >= 15 is 0 Å². The highest BCUT2D eigenvalue weighted by Crippen LogP contribution is 2.41. The first-order valence-electron chi connectivity index (χ1n) is 7.24. The molecule has 0 spiro atoms. The Kier molecular flexibility index (Phi) is 4.11. The van der Waals surface area contributed by atoms with Crippen LogP contribution in [-0.2, 0) is 0 Å². The lowest BCUT2D eigenvalue weighted by Gasteiger charge is -2.54. The Labute approximate surface area is 106 Å². The molecule has 0 aromatic heterocycles. The highest BCUT2D eigenvalue weighted by Gasteiger charge is 2.45. The summed E-state index contributed by atoms with van der Waals surface area (Å²) in [5, 5.41) is 0. The molecule has 1 saturated heterocycles. The van der Waals surface area contributed by atoms with Crippen LogP contribution >= 0.6 is 0 Å². The standard InChI is InChI=1S/C14H29N3/c1-12-5-4-6-14(11-15,13(12)2)17-9-7-16(3)8-10-17/h12-13H,4-11,15H2,1-3H3. The molecule has 3 heteroatoms. The molecule has 3 nitrogen and oxygen atoms in total. The number of piperazine rings is 1. The van der Waals surface area contributed by atoms with Gasteiger partial charge in [0.05, 0.1) is 0 Å². The fourth-order valence-electron chi connectivity index (χ4n) is 3.85.